The van der Waals surface area contributed by atoms with Gasteiger partial charge in [-0.25, -0.2) is 0 Å². The van der Waals surface area contributed by atoms with Gasteiger partial charge in [-0.1, -0.05) is 23.2 Å². The van der Waals surface area contributed by atoms with E-state index in [0.717, 1.165) is 31.5 Å². The monoisotopic (exact) mass is 314 g/mol. The fraction of sp³-hybridized carbons (Fsp3) is 0.533. The molecule has 1 aromatic carbocycles. The molecule has 3 nitrogen and oxygen atoms in total. The smallest absolute Gasteiger partial charge is 0.222 e. The summed E-state index contributed by atoms with van der Waals surface area (Å²) >= 11 is 11.9. The third-order valence-electron chi connectivity index (χ3n) is 3.63. The van der Waals surface area contributed by atoms with Gasteiger partial charge in [0.25, 0.3) is 0 Å². The highest BCUT2D eigenvalue weighted by molar-refractivity contribution is 6.34. The van der Waals surface area contributed by atoms with Crippen molar-refractivity contribution in [3.63, 3.8) is 0 Å². The van der Waals surface area contributed by atoms with E-state index in [1.165, 1.54) is 0 Å². The zero-order chi connectivity index (χ0) is 14.5. The summed E-state index contributed by atoms with van der Waals surface area (Å²) in [6, 6.07) is 5.39. The summed E-state index contributed by atoms with van der Waals surface area (Å²) in [4.78, 5) is 14.0. The molecule has 0 aromatic heterocycles. The number of nitrogens with zero attached hydrogens (tertiary/aromatic N) is 1. The van der Waals surface area contributed by atoms with Crippen molar-refractivity contribution in [3.05, 3.63) is 33.8 Å². The topological polar surface area (TPSA) is 32.3 Å². The summed E-state index contributed by atoms with van der Waals surface area (Å²) in [6.45, 7) is 2.56. The average molecular weight is 315 g/mol. The van der Waals surface area contributed by atoms with E-state index in [1.807, 2.05) is 19.2 Å². The largest absolute Gasteiger partial charge is 0.341 e. The highest BCUT2D eigenvalue weighted by atomic mass is 35.5. The fourth-order valence-corrected chi connectivity index (χ4v) is 3.14. The van der Waals surface area contributed by atoms with E-state index in [-0.39, 0.29) is 5.91 Å². The molecule has 20 heavy (non-hydrogen) atoms. The molecule has 1 atom stereocenters. The summed E-state index contributed by atoms with van der Waals surface area (Å²) in [5, 5.41) is 4.54. The molecule has 2 rings (SSSR count). The van der Waals surface area contributed by atoms with Crippen molar-refractivity contribution in [1.29, 1.82) is 0 Å². The Hall–Kier alpha value is -0.770. The molecule has 1 aliphatic heterocycles. The summed E-state index contributed by atoms with van der Waals surface area (Å²) in [6.07, 6.45) is 2.90. The van der Waals surface area contributed by atoms with E-state index < -0.39 is 0 Å². The number of hydrogen-bond donors (Lipinski definition) is 1. The van der Waals surface area contributed by atoms with Gasteiger partial charge in [0.15, 0.2) is 0 Å². The Balaban J connectivity index is 1.89. The number of carbonyl (C=O) groups is 1. The van der Waals surface area contributed by atoms with Crippen LogP contribution >= 0.6 is 23.2 Å². The zero-order valence-corrected chi connectivity index (χ0v) is 13.2. The molecule has 1 unspecified atom stereocenters. The molecule has 0 spiro atoms. The fourth-order valence-electron chi connectivity index (χ4n) is 2.57. The molecule has 1 heterocycles. The van der Waals surface area contributed by atoms with Crippen LogP contribution in [0.3, 0.4) is 0 Å². The van der Waals surface area contributed by atoms with Crippen LogP contribution in [0.25, 0.3) is 0 Å². The van der Waals surface area contributed by atoms with E-state index >= 15 is 0 Å². The second kappa shape index (κ2) is 7.30. The van der Waals surface area contributed by atoms with E-state index in [0.29, 0.717) is 28.9 Å². The van der Waals surface area contributed by atoms with E-state index in [1.54, 1.807) is 11.0 Å². The molecule has 110 valence electrons. The molecule has 0 radical (unpaired) electrons. The lowest BCUT2D eigenvalue weighted by molar-refractivity contribution is -0.131. The molecule has 0 bridgehead atoms. The van der Waals surface area contributed by atoms with Gasteiger partial charge in [0.05, 0.1) is 0 Å². The molecular formula is C15H20Cl2N2O. The Kier molecular flexibility index (Phi) is 5.70. The molecule has 5 heteroatoms. The maximum atomic E-state index is 12.2. The van der Waals surface area contributed by atoms with Crippen molar-refractivity contribution in [1.82, 2.24) is 10.2 Å². The lowest BCUT2D eigenvalue weighted by atomic mass is 9.95. The Labute approximate surface area is 130 Å². The second-order valence-corrected chi connectivity index (χ2v) is 6.32. The van der Waals surface area contributed by atoms with Crippen LogP contribution in [0.15, 0.2) is 18.2 Å². The predicted octanol–water partition coefficient (Wildman–Crippen LogP) is 3.34. The SMILES string of the molecule is CN(Cc1cc(Cl)cc(Cl)c1)C(=O)CC1CCCNC1. The van der Waals surface area contributed by atoms with Gasteiger partial charge >= 0.3 is 0 Å². The minimum absolute atomic E-state index is 0.176. The number of halogens is 2. The standard InChI is InChI=1S/C15H20Cl2N2O/c1-19(10-12-5-13(16)8-14(17)6-12)15(20)7-11-3-2-4-18-9-11/h5-6,8,11,18H,2-4,7,9-10H2,1H3. The number of amides is 1. The Morgan fingerprint density at radius 2 is 2.05 bits per heavy atom. The molecule has 1 fully saturated rings. The molecule has 1 aliphatic rings. The molecule has 0 aliphatic carbocycles. The minimum Gasteiger partial charge on any atom is -0.341 e. The number of hydrogen-bond acceptors (Lipinski definition) is 2. The number of piperidine rings is 1. The first-order chi connectivity index (χ1) is 9.54. The number of benzene rings is 1. The molecule has 1 saturated heterocycles. The maximum Gasteiger partial charge on any atom is 0.222 e. The minimum atomic E-state index is 0.176. The van der Waals surface area contributed by atoms with Gasteiger partial charge in [-0.2, -0.15) is 0 Å². The van der Waals surface area contributed by atoms with Crippen LogP contribution in [-0.4, -0.2) is 30.9 Å². The highest BCUT2D eigenvalue weighted by Crippen LogP contribution is 2.21. The lowest BCUT2D eigenvalue weighted by Gasteiger charge is -2.25. The first-order valence-corrected chi connectivity index (χ1v) is 7.70. The molecule has 0 saturated carbocycles. The van der Waals surface area contributed by atoms with Crippen molar-refractivity contribution >= 4 is 29.1 Å². The van der Waals surface area contributed by atoms with Gasteiger partial charge < -0.3 is 10.2 Å². The highest BCUT2D eigenvalue weighted by Gasteiger charge is 2.19. The van der Waals surface area contributed by atoms with Crippen LogP contribution in [-0.2, 0) is 11.3 Å². The zero-order valence-electron chi connectivity index (χ0n) is 11.7. The quantitative estimate of drug-likeness (QED) is 0.924. The molecule has 1 aromatic rings. The van der Waals surface area contributed by atoms with Gasteiger partial charge in [0.2, 0.25) is 5.91 Å². The second-order valence-electron chi connectivity index (χ2n) is 5.44. The summed E-state index contributed by atoms with van der Waals surface area (Å²) in [5.41, 5.74) is 0.958. The van der Waals surface area contributed by atoms with E-state index in [9.17, 15) is 4.79 Å². The third kappa shape index (κ3) is 4.65. The van der Waals surface area contributed by atoms with Crippen LogP contribution in [0, 0.1) is 5.92 Å². The number of carbonyl (C=O) groups excluding carboxylic acids is 1. The molecular weight excluding hydrogens is 295 g/mol. The van der Waals surface area contributed by atoms with Crippen LogP contribution in [0.1, 0.15) is 24.8 Å². The number of nitrogens with one attached hydrogen (secondary N) is 1. The molecule has 1 N–H and O–H groups in total. The van der Waals surface area contributed by atoms with Gasteiger partial charge in [-0.3, -0.25) is 4.79 Å². The lowest BCUT2D eigenvalue weighted by Crippen LogP contribution is -2.34. The van der Waals surface area contributed by atoms with Crippen LogP contribution < -0.4 is 5.32 Å². The molecule has 1 amide bonds. The average Bonchev–Trinajstić information content (AvgIpc) is 2.38. The van der Waals surface area contributed by atoms with E-state index in [2.05, 4.69) is 5.32 Å². The van der Waals surface area contributed by atoms with Crippen molar-refractivity contribution in [2.24, 2.45) is 5.92 Å². The van der Waals surface area contributed by atoms with Crippen molar-refractivity contribution in [3.8, 4) is 0 Å². The Bertz CT molecular complexity index is 453. The maximum absolute atomic E-state index is 12.2. The van der Waals surface area contributed by atoms with Gasteiger partial charge in [-0.05, 0) is 55.6 Å². The Morgan fingerprint density at radius 1 is 1.35 bits per heavy atom. The van der Waals surface area contributed by atoms with Crippen molar-refractivity contribution < 1.29 is 4.79 Å². The normalized spacial score (nSPS) is 18.9. The number of rotatable bonds is 4. The Morgan fingerprint density at radius 3 is 2.65 bits per heavy atom. The van der Waals surface area contributed by atoms with Gasteiger partial charge in [0, 0.05) is 30.1 Å². The van der Waals surface area contributed by atoms with Gasteiger partial charge in [0.1, 0.15) is 0 Å². The van der Waals surface area contributed by atoms with Crippen LogP contribution in [0.2, 0.25) is 10.0 Å². The van der Waals surface area contributed by atoms with Crippen LogP contribution in [0.4, 0.5) is 0 Å². The first kappa shape index (κ1) is 15.6. The van der Waals surface area contributed by atoms with Crippen LogP contribution in [0.5, 0.6) is 0 Å². The summed E-state index contributed by atoms with van der Waals surface area (Å²) in [7, 11) is 1.83. The van der Waals surface area contributed by atoms with E-state index in [4.69, 9.17) is 23.2 Å². The third-order valence-corrected chi connectivity index (χ3v) is 4.07. The first-order valence-electron chi connectivity index (χ1n) is 6.94. The predicted molar refractivity (Wildman–Crippen MR) is 83.1 cm³/mol. The van der Waals surface area contributed by atoms with Crippen molar-refractivity contribution in [2.75, 3.05) is 20.1 Å². The van der Waals surface area contributed by atoms with Gasteiger partial charge in [-0.15, -0.1) is 0 Å². The van der Waals surface area contributed by atoms with Crippen molar-refractivity contribution in [2.45, 2.75) is 25.8 Å². The summed E-state index contributed by atoms with van der Waals surface area (Å²) < 4.78 is 0. The summed E-state index contributed by atoms with van der Waals surface area (Å²) in [5.74, 6) is 0.636.